The smallest absolute Gasteiger partial charge is 0.253 e. The lowest BCUT2D eigenvalue weighted by Gasteiger charge is -2.49. The Morgan fingerprint density at radius 3 is 2.46 bits per heavy atom. The number of rotatable bonds is 5. The summed E-state index contributed by atoms with van der Waals surface area (Å²) in [5.41, 5.74) is 2.09. The first-order valence-corrected chi connectivity index (χ1v) is 12.3. The Labute approximate surface area is 214 Å². The van der Waals surface area contributed by atoms with Crippen LogP contribution >= 0.6 is 0 Å². The number of benzene rings is 2. The van der Waals surface area contributed by atoms with Gasteiger partial charge < -0.3 is 18.9 Å². The monoisotopic (exact) mass is 513 g/mol. The molecule has 5 rings (SSSR count). The summed E-state index contributed by atoms with van der Waals surface area (Å²) in [6.45, 7) is 7.67. The van der Waals surface area contributed by atoms with Crippen LogP contribution in [0, 0.1) is 24.4 Å². The maximum atomic E-state index is 14.1. The molecule has 2 saturated heterocycles. The Hall–Kier alpha value is -3.33. The van der Waals surface area contributed by atoms with Crippen molar-refractivity contribution in [2.24, 2.45) is 0 Å². The lowest BCUT2D eigenvalue weighted by molar-refractivity contribution is -0.193. The third-order valence-electron chi connectivity index (χ3n) is 7.68. The highest BCUT2D eigenvalue weighted by molar-refractivity contribution is 5.84. The number of aromatic nitrogens is 2. The van der Waals surface area contributed by atoms with Crippen LogP contribution in [-0.4, -0.2) is 45.2 Å². The minimum absolute atomic E-state index is 0.248. The molecule has 1 amide bonds. The molecule has 0 radical (unpaired) electrons. The zero-order chi connectivity index (χ0) is 26.6. The first kappa shape index (κ1) is 25.3. The van der Waals surface area contributed by atoms with Gasteiger partial charge in [-0.05, 0) is 69.0 Å². The van der Waals surface area contributed by atoms with Gasteiger partial charge in [-0.25, -0.2) is 18.2 Å². The molecule has 0 aliphatic carbocycles. The summed E-state index contributed by atoms with van der Waals surface area (Å²) in [5.74, 6) is -4.01. The van der Waals surface area contributed by atoms with Crippen LogP contribution in [0.15, 0.2) is 42.9 Å². The molecule has 2 aromatic carbocycles. The molecule has 9 heteroatoms. The largest absolute Gasteiger partial charge is 0.495 e. The SMILES string of the molecule is COc1cc(C(C)C2OC(C)(C)[C@H]3CC[C@@H](c4cc(F)c(F)c(F)c4)N3C2=O)ccc1-n1cnc(C)c1. The average Bonchev–Trinajstić information content (AvgIpc) is 3.51. The molecule has 196 valence electrons. The number of amides is 1. The summed E-state index contributed by atoms with van der Waals surface area (Å²) < 4.78 is 55.7. The van der Waals surface area contributed by atoms with E-state index in [0.29, 0.717) is 18.6 Å². The van der Waals surface area contributed by atoms with Gasteiger partial charge >= 0.3 is 0 Å². The van der Waals surface area contributed by atoms with E-state index in [1.807, 2.05) is 56.7 Å². The zero-order valence-corrected chi connectivity index (χ0v) is 21.5. The fourth-order valence-electron chi connectivity index (χ4n) is 5.73. The van der Waals surface area contributed by atoms with E-state index in [4.69, 9.17) is 9.47 Å². The normalized spacial score (nSPS) is 23.7. The first-order chi connectivity index (χ1) is 17.5. The minimum atomic E-state index is -1.51. The van der Waals surface area contributed by atoms with E-state index in [2.05, 4.69) is 4.98 Å². The van der Waals surface area contributed by atoms with Crippen molar-refractivity contribution in [1.82, 2.24) is 14.5 Å². The standard InChI is InChI=1S/C28H30F3N3O3/c1-15-13-33(14-32-15)22-7-6-17(12-23(22)36-5)16(2)26-27(35)34-21(8-9-24(34)28(3,4)37-26)18-10-19(29)25(31)20(30)11-18/h6-7,10-14,16,21,24,26H,8-9H2,1-5H3/t16?,21-,24+,26?/m0/s1. The third-order valence-corrected chi connectivity index (χ3v) is 7.68. The number of morpholine rings is 1. The predicted octanol–water partition coefficient (Wildman–Crippen LogP) is 5.62. The number of methoxy groups -OCH3 is 1. The van der Waals surface area contributed by atoms with E-state index in [0.717, 1.165) is 29.1 Å². The summed E-state index contributed by atoms with van der Waals surface area (Å²) in [4.78, 5) is 19.8. The number of imidazole rings is 1. The van der Waals surface area contributed by atoms with Crippen molar-refractivity contribution in [2.75, 3.05) is 7.11 Å². The van der Waals surface area contributed by atoms with Crippen molar-refractivity contribution < 1.29 is 27.4 Å². The van der Waals surface area contributed by atoms with Crippen LogP contribution in [-0.2, 0) is 9.53 Å². The molecular weight excluding hydrogens is 483 g/mol. The molecule has 4 atom stereocenters. The number of nitrogens with zero attached hydrogens (tertiary/aromatic N) is 3. The van der Waals surface area contributed by atoms with E-state index in [1.54, 1.807) is 18.3 Å². The predicted molar refractivity (Wildman–Crippen MR) is 131 cm³/mol. The fourth-order valence-corrected chi connectivity index (χ4v) is 5.73. The number of hydrogen-bond donors (Lipinski definition) is 0. The van der Waals surface area contributed by atoms with E-state index in [-0.39, 0.29) is 23.4 Å². The maximum absolute atomic E-state index is 14.1. The van der Waals surface area contributed by atoms with Crippen molar-refractivity contribution in [3.05, 3.63) is 77.1 Å². The summed E-state index contributed by atoms with van der Waals surface area (Å²) in [6, 6.07) is 6.86. The van der Waals surface area contributed by atoms with Crippen LogP contribution in [0.4, 0.5) is 13.2 Å². The first-order valence-electron chi connectivity index (χ1n) is 12.3. The minimum Gasteiger partial charge on any atom is -0.495 e. The second-order valence-corrected chi connectivity index (χ2v) is 10.4. The lowest BCUT2D eigenvalue weighted by Crippen LogP contribution is -2.61. The average molecular weight is 514 g/mol. The number of carbonyl (C=O) groups excluding carboxylic acids is 1. The van der Waals surface area contributed by atoms with Crippen LogP contribution in [0.2, 0.25) is 0 Å². The molecule has 2 aliphatic heterocycles. The Kier molecular flexibility index (Phi) is 6.30. The summed E-state index contributed by atoms with van der Waals surface area (Å²) in [7, 11) is 1.59. The molecule has 2 aliphatic rings. The van der Waals surface area contributed by atoms with Crippen molar-refractivity contribution >= 4 is 5.91 Å². The molecule has 1 aromatic heterocycles. The van der Waals surface area contributed by atoms with Crippen LogP contribution in [0.5, 0.6) is 5.75 Å². The van der Waals surface area contributed by atoms with Gasteiger partial charge in [0.25, 0.3) is 5.91 Å². The number of aryl methyl sites for hydroxylation is 1. The lowest BCUT2D eigenvalue weighted by atomic mass is 9.87. The van der Waals surface area contributed by atoms with Gasteiger partial charge in [-0.15, -0.1) is 0 Å². The Bertz CT molecular complexity index is 1330. The summed E-state index contributed by atoms with van der Waals surface area (Å²) >= 11 is 0. The van der Waals surface area contributed by atoms with Crippen molar-refractivity contribution in [1.29, 1.82) is 0 Å². The summed E-state index contributed by atoms with van der Waals surface area (Å²) in [6.07, 6.45) is 3.89. The quantitative estimate of drug-likeness (QED) is 0.416. The fraction of sp³-hybridized carbons (Fsp3) is 0.429. The molecule has 3 aromatic rings. The Morgan fingerprint density at radius 2 is 1.84 bits per heavy atom. The van der Waals surface area contributed by atoms with Gasteiger partial charge in [0, 0.05) is 12.1 Å². The molecule has 6 nitrogen and oxygen atoms in total. The molecule has 0 spiro atoms. The van der Waals surface area contributed by atoms with Crippen LogP contribution in [0.3, 0.4) is 0 Å². The van der Waals surface area contributed by atoms with E-state index < -0.39 is 35.2 Å². The van der Waals surface area contributed by atoms with E-state index in [1.165, 1.54) is 0 Å². The number of carbonyl (C=O) groups is 1. The van der Waals surface area contributed by atoms with Crippen molar-refractivity contribution in [3.8, 4) is 11.4 Å². The zero-order valence-electron chi connectivity index (χ0n) is 21.5. The number of hydrogen-bond acceptors (Lipinski definition) is 4. The van der Waals surface area contributed by atoms with Gasteiger partial charge in [-0.2, -0.15) is 0 Å². The van der Waals surface area contributed by atoms with Crippen LogP contribution in [0.1, 0.15) is 62.4 Å². The molecular formula is C28H30F3N3O3. The molecule has 37 heavy (non-hydrogen) atoms. The Morgan fingerprint density at radius 1 is 1.14 bits per heavy atom. The molecule has 2 unspecified atom stereocenters. The Balaban J connectivity index is 1.48. The summed E-state index contributed by atoms with van der Waals surface area (Å²) in [5, 5.41) is 0. The highest BCUT2D eigenvalue weighted by Crippen LogP contribution is 2.47. The maximum Gasteiger partial charge on any atom is 0.253 e. The van der Waals surface area contributed by atoms with Gasteiger partial charge in [0.2, 0.25) is 0 Å². The number of halogens is 3. The van der Waals surface area contributed by atoms with Crippen molar-refractivity contribution in [2.45, 2.75) is 70.2 Å². The second kappa shape index (κ2) is 9.20. The van der Waals surface area contributed by atoms with E-state index in [9.17, 15) is 18.0 Å². The molecule has 2 fully saturated rings. The van der Waals surface area contributed by atoms with Gasteiger partial charge in [-0.1, -0.05) is 13.0 Å². The molecule has 0 saturated carbocycles. The van der Waals surface area contributed by atoms with Crippen molar-refractivity contribution in [3.63, 3.8) is 0 Å². The molecule has 0 bridgehead atoms. The van der Waals surface area contributed by atoms with Crippen LogP contribution in [0.25, 0.3) is 5.69 Å². The van der Waals surface area contributed by atoms with Gasteiger partial charge in [0.15, 0.2) is 17.5 Å². The topological polar surface area (TPSA) is 56.6 Å². The highest BCUT2D eigenvalue weighted by Gasteiger charge is 2.54. The molecule has 3 heterocycles. The third kappa shape index (κ3) is 4.29. The van der Waals surface area contributed by atoms with Gasteiger partial charge in [0.05, 0.1) is 42.5 Å². The molecule has 0 N–H and O–H groups in total. The number of ether oxygens (including phenoxy) is 2. The number of fused-ring (bicyclic) bond motifs is 1. The highest BCUT2D eigenvalue weighted by atomic mass is 19.2. The second-order valence-electron chi connectivity index (χ2n) is 10.4. The van der Waals surface area contributed by atoms with Gasteiger partial charge in [-0.3, -0.25) is 4.79 Å². The van der Waals surface area contributed by atoms with E-state index >= 15 is 0 Å². The van der Waals surface area contributed by atoms with Crippen LogP contribution < -0.4 is 4.74 Å². The van der Waals surface area contributed by atoms with Gasteiger partial charge in [0.1, 0.15) is 11.9 Å².